The van der Waals surface area contributed by atoms with E-state index in [9.17, 15) is 4.79 Å². The van der Waals surface area contributed by atoms with Crippen LogP contribution >= 0.6 is 11.6 Å². The summed E-state index contributed by atoms with van der Waals surface area (Å²) in [4.78, 5) is 17.2. The van der Waals surface area contributed by atoms with Gasteiger partial charge in [0.15, 0.2) is 5.58 Å². The summed E-state index contributed by atoms with van der Waals surface area (Å²) in [5.74, 6) is 1.38. The molecule has 26 heavy (non-hydrogen) atoms. The van der Waals surface area contributed by atoms with E-state index in [4.69, 9.17) is 16.0 Å². The SMILES string of the molecule is CC1CCN(CC2CCN(Cn3c(=O)oc4ccc(Cl)cc43)CC2)CC1. The molecule has 0 amide bonds. The number of likely N-dealkylation sites (tertiary alicyclic amines) is 2. The summed E-state index contributed by atoms with van der Waals surface area (Å²) in [6.07, 6.45) is 5.10. The van der Waals surface area contributed by atoms with Crippen LogP contribution in [-0.2, 0) is 6.67 Å². The van der Waals surface area contributed by atoms with Crippen molar-refractivity contribution in [1.82, 2.24) is 14.4 Å². The Labute approximate surface area is 159 Å². The second kappa shape index (κ2) is 7.75. The van der Waals surface area contributed by atoms with Crippen LogP contribution in [0.1, 0.15) is 32.6 Å². The minimum atomic E-state index is -0.299. The van der Waals surface area contributed by atoms with E-state index in [0.717, 1.165) is 30.4 Å². The van der Waals surface area contributed by atoms with Crippen molar-refractivity contribution in [2.75, 3.05) is 32.7 Å². The van der Waals surface area contributed by atoms with Crippen molar-refractivity contribution in [3.05, 3.63) is 33.8 Å². The van der Waals surface area contributed by atoms with Gasteiger partial charge in [-0.15, -0.1) is 0 Å². The molecule has 0 bridgehead atoms. The van der Waals surface area contributed by atoms with E-state index in [0.29, 0.717) is 17.3 Å². The largest absolute Gasteiger partial charge is 0.421 e. The molecule has 0 aliphatic carbocycles. The van der Waals surface area contributed by atoms with Crippen LogP contribution in [0.4, 0.5) is 0 Å². The van der Waals surface area contributed by atoms with Crippen LogP contribution in [-0.4, -0.2) is 47.1 Å². The molecule has 2 fully saturated rings. The number of nitrogens with zero attached hydrogens (tertiary/aromatic N) is 3. The number of benzene rings is 1. The number of aromatic nitrogens is 1. The highest BCUT2D eigenvalue weighted by atomic mass is 35.5. The second-order valence-electron chi connectivity index (χ2n) is 8.09. The van der Waals surface area contributed by atoms with Gasteiger partial charge in [-0.25, -0.2) is 4.79 Å². The molecule has 0 radical (unpaired) electrons. The Hall–Kier alpha value is -1.30. The number of hydrogen-bond donors (Lipinski definition) is 0. The average molecular weight is 378 g/mol. The zero-order valence-electron chi connectivity index (χ0n) is 15.5. The van der Waals surface area contributed by atoms with Gasteiger partial charge >= 0.3 is 5.76 Å². The summed E-state index contributed by atoms with van der Waals surface area (Å²) in [5, 5.41) is 0.626. The minimum Gasteiger partial charge on any atom is -0.408 e. The van der Waals surface area contributed by atoms with Gasteiger partial charge in [0.1, 0.15) is 0 Å². The fraction of sp³-hybridized carbons (Fsp3) is 0.650. The minimum absolute atomic E-state index is 0.299. The summed E-state index contributed by atoms with van der Waals surface area (Å²) in [6, 6.07) is 5.33. The van der Waals surface area contributed by atoms with E-state index < -0.39 is 0 Å². The predicted molar refractivity (Wildman–Crippen MR) is 105 cm³/mol. The summed E-state index contributed by atoms with van der Waals surface area (Å²) < 4.78 is 7.04. The van der Waals surface area contributed by atoms with Crippen molar-refractivity contribution in [3.8, 4) is 0 Å². The van der Waals surface area contributed by atoms with Gasteiger partial charge in [0.2, 0.25) is 0 Å². The first-order chi connectivity index (χ1) is 12.6. The van der Waals surface area contributed by atoms with E-state index in [-0.39, 0.29) is 5.76 Å². The average Bonchev–Trinajstić information content (AvgIpc) is 2.94. The number of hydrogen-bond acceptors (Lipinski definition) is 4. The molecule has 1 aromatic carbocycles. The lowest BCUT2D eigenvalue weighted by Crippen LogP contribution is -2.42. The van der Waals surface area contributed by atoms with Gasteiger partial charge in [0.25, 0.3) is 0 Å². The first kappa shape index (κ1) is 18.1. The monoisotopic (exact) mass is 377 g/mol. The maximum Gasteiger partial charge on any atom is 0.421 e. The van der Waals surface area contributed by atoms with Gasteiger partial charge in [-0.05, 0) is 68.8 Å². The Morgan fingerprint density at radius 3 is 2.50 bits per heavy atom. The molecule has 0 atom stereocenters. The summed E-state index contributed by atoms with van der Waals surface area (Å²) >= 11 is 6.09. The maximum atomic E-state index is 12.2. The lowest BCUT2D eigenvalue weighted by atomic mass is 9.93. The van der Waals surface area contributed by atoms with Crippen LogP contribution < -0.4 is 5.76 Å². The summed E-state index contributed by atoms with van der Waals surface area (Å²) in [5.41, 5.74) is 1.39. The molecule has 2 saturated heterocycles. The molecule has 2 aromatic rings. The van der Waals surface area contributed by atoms with Gasteiger partial charge in [0, 0.05) is 24.7 Å². The van der Waals surface area contributed by atoms with Gasteiger partial charge in [-0.1, -0.05) is 18.5 Å². The molecule has 0 unspecified atom stereocenters. The molecule has 0 spiro atoms. The zero-order chi connectivity index (χ0) is 18.1. The van der Waals surface area contributed by atoms with Crippen molar-refractivity contribution in [2.45, 2.75) is 39.3 Å². The van der Waals surface area contributed by atoms with Gasteiger partial charge in [-0.3, -0.25) is 9.47 Å². The third kappa shape index (κ3) is 4.00. The molecular weight excluding hydrogens is 350 g/mol. The fourth-order valence-electron chi connectivity index (χ4n) is 4.29. The van der Waals surface area contributed by atoms with Crippen LogP contribution in [0.5, 0.6) is 0 Å². The highest BCUT2D eigenvalue weighted by molar-refractivity contribution is 6.31. The highest BCUT2D eigenvalue weighted by Gasteiger charge is 2.24. The fourth-order valence-corrected chi connectivity index (χ4v) is 4.46. The number of piperidine rings is 2. The first-order valence-corrected chi connectivity index (χ1v) is 10.2. The van der Waals surface area contributed by atoms with Crippen molar-refractivity contribution in [2.24, 2.45) is 11.8 Å². The van der Waals surface area contributed by atoms with Gasteiger partial charge < -0.3 is 9.32 Å². The van der Waals surface area contributed by atoms with Gasteiger partial charge in [-0.2, -0.15) is 0 Å². The molecule has 5 nitrogen and oxygen atoms in total. The Bertz CT molecular complexity index is 799. The molecule has 0 saturated carbocycles. The third-order valence-electron chi connectivity index (χ3n) is 6.07. The lowest BCUT2D eigenvalue weighted by Gasteiger charge is -2.37. The molecule has 2 aliphatic heterocycles. The van der Waals surface area contributed by atoms with E-state index >= 15 is 0 Å². The highest BCUT2D eigenvalue weighted by Crippen LogP contribution is 2.24. The number of halogens is 1. The van der Waals surface area contributed by atoms with Gasteiger partial charge in [0.05, 0.1) is 12.2 Å². The van der Waals surface area contributed by atoms with Crippen LogP contribution in [0.3, 0.4) is 0 Å². The molecule has 6 heteroatoms. The Balaban J connectivity index is 1.34. The molecule has 1 aromatic heterocycles. The molecule has 142 valence electrons. The quantitative estimate of drug-likeness (QED) is 0.815. The summed E-state index contributed by atoms with van der Waals surface area (Å²) in [6.45, 7) is 8.79. The number of fused-ring (bicyclic) bond motifs is 1. The van der Waals surface area contributed by atoms with Crippen molar-refractivity contribution < 1.29 is 4.42 Å². The van der Waals surface area contributed by atoms with Crippen LogP contribution in [0.15, 0.2) is 27.4 Å². The molecule has 2 aliphatic rings. The lowest BCUT2D eigenvalue weighted by molar-refractivity contribution is 0.105. The third-order valence-corrected chi connectivity index (χ3v) is 6.31. The van der Waals surface area contributed by atoms with E-state index in [1.54, 1.807) is 16.7 Å². The number of oxazole rings is 1. The Morgan fingerprint density at radius 2 is 1.77 bits per heavy atom. The standard InChI is InChI=1S/C20H28ClN3O2/c1-15-4-8-22(9-5-15)13-16-6-10-23(11-7-16)14-24-18-12-17(21)2-3-19(18)26-20(24)25/h2-3,12,15-16H,4-11,13-14H2,1H3. The molecule has 0 N–H and O–H groups in total. The topological polar surface area (TPSA) is 41.6 Å². The van der Waals surface area contributed by atoms with Crippen molar-refractivity contribution in [3.63, 3.8) is 0 Å². The Kier molecular flexibility index (Phi) is 5.39. The maximum absolute atomic E-state index is 12.2. The van der Waals surface area contributed by atoms with E-state index in [2.05, 4.69) is 16.7 Å². The van der Waals surface area contributed by atoms with Crippen LogP contribution in [0.25, 0.3) is 11.1 Å². The predicted octanol–water partition coefficient (Wildman–Crippen LogP) is 3.65. The first-order valence-electron chi connectivity index (χ1n) is 9.82. The van der Waals surface area contributed by atoms with Crippen molar-refractivity contribution >= 4 is 22.7 Å². The number of rotatable bonds is 4. The van der Waals surface area contributed by atoms with Crippen molar-refractivity contribution in [1.29, 1.82) is 0 Å². The van der Waals surface area contributed by atoms with Crippen LogP contribution in [0.2, 0.25) is 5.02 Å². The van der Waals surface area contributed by atoms with E-state index in [1.165, 1.54) is 45.3 Å². The smallest absolute Gasteiger partial charge is 0.408 e. The normalized spacial score (nSPS) is 21.6. The van der Waals surface area contributed by atoms with E-state index in [1.807, 2.05) is 6.07 Å². The molecular formula is C20H28ClN3O2. The second-order valence-corrected chi connectivity index (χ2v) is 8.53. The zero-order valence-corrected chi connectivity index (χ0v) is 16.2. The summed E-state index contributed by atoms with van der Waals surface area (Å²) in [7, 11) is 0. The Morgan fingerprint density at radius 1 is 1.08 bits per heavy atom. The molecule has 3 heterocycles. The molecule has 4 rings (SSSR count). The van der Waals surface area contributed by atoms with Crippen LogP contribution in [0, 0.1) is 11.8 Å².